The van der Waals surface area contributed by atoms with E-state index in [-0.39, 0.29) is 10.8 Å². The predicted octanol–water partition coefficient (Wildman–Crippen LogP) is 1.81. The highest BCUT2D eigenvalue weighted by Gasteiger charge is 2.37. The van der Waals surface area contributed by atoms with Crippen LogP contribution in [-0.2, 0) is 21.2 Å². The summed E-state index contributed by atoms with van der Waals surface area (Å²) >= 11 is 0. The zero-order valence-electron chi connectivity index (χ0n) is 13.3. The van der Waals surface area contributed by atoms with Crippen molar-refractivity contribution in [2.45, 2.75) is 23.8 Å². The minimum absolute atomic E-state index is 0.220. The third-order valence-corrected chi connectivity index (χ3v) is 6.05. The molecule has 2 aromatic carbocycles. The average molecular weight is 344 g/mol. The zero-order valence-corrected chi connectivity index (χ0v) is 14.1. The summed E-state index contributed by atoms with van der Waals surface area (Å²) in [5, 5.41) is 2.82. The van der Waals surface area contributed by atoms with E-state index in [0.29, 0.717) is 25.9 Å². The van der Waals surface area contributed by atoms with Gasteiger partial charge in [-0.1, -0.05) is 48.5 Å². The Morgan fingerprint density at radius 3 is 2.29 bits per heavy atom. The van der Waals surface area contributed by atoms with Crippen molar-refractivity contribution in [3.63, 3.8) is 0 Å². The number of hydrogen-bond acceptors (Lipinski definition) is 3. The minimum Gasteiger partial charge on any atom is -0.355 e. The van der Waals surface area contributed by atoms with Gasteiger partial charge in [0.25, 0.3) is 0 Å². The molecule has 6 heteroatoms. The van der Waals surface area contributed by atoms with Gasteiger partial charge in [0.1, 0.15) is 6.04 Å². The number of benzene rings is 2. The molecule has 0 bridgehead atoms. The summed E-state index contributed by atoms with van der Waals surface area (Å²) in [6.07, 6.45) is 0.960. The van der Waals surface area contributed by atoms with Crippen LogP contribution < -0.4 is 5.32 Å². The van der Waals surface area contributed by atoms with Crippen molar-refractivity contribution in [3.8, 4) is 0 Å². The summed E-state index contributed by atoms with van der Waals surface area (Å²) in [7, 11) is -3.72. The van der Waals surface area contributed by atoms with E-state index in [1.54, 1.807) is 30.3 Å². The number of rotatable bonds is 4. The Bertz CT molecular complexity index is 792. The lowest BCUT2D eigenvalue weighted by molar-refractivity contribution is -0.124. The van der Waals surface area contributed by atoms with E-state index in [1.165, 1.54) is 4.31 Å². The van der Waals surface area contributed by atoms with Crippen molar-refractivity contribution in [2.75, 3.05) is 13.1 Å². The first-order chi connectivity index (χ1) is 11.6. The van der Waals surface area contributed by atoms with Gasteiger partial charge >= 0.3 is 0 Å². The maximum atomic E-state index is 13.0. The van der Waals surface area contributed by atoms with Crippen molar-refractivity contribution < 1.29 is 13.2 Å². The smallest absolute Gasteiger partial charge is 0.243 e. The summed E-state index contributed by atoms with van der Waals surface area (Å²) in [6.45, 7) is 0.818. The van der Waals surface area contributed by atoms with E-state index < -0.39 is 16.1 Å². The number of nitrogens with zero attached hydrogens (tertiary/aromatic N) is 1. The van der Waals surface area contributed by atoms with Gasteiger partial charge in [-0.15, -0.1) is 0 Å². The molecular formula is C18H20N2O3S. The number of nitrogens with one attached hydrogen (secondary N) is 1. The van der Waals surface area contributed by atoms with E-state index in [0.717, 1.165) is 5.56 Å². The molecule has 2 aromatic rings. The molecule has 1 aliphatic heterocycles. The molecule has 1 fully saturated rings. The number of carbonyl (C=O) groups excluding carboxylic acids is 1. The van der Waals surface area contributed by atoms with Crippen molar-refractivity contribution in [1.82, 2.24) is 9.62 Å². The molecule has 0 aromatic heterocycles. The second-order valence-electron chi connectivity index (χ2n) is 5.78. The molecule has 3 rings (SSSR count). The van der Waals surface area contributed by atoms with E-state index in [1.807, 2.05) is 30.3 Å². The van der Waals surface area contributed by atoms with Crippen LogP contribution in [0.5, 0.6) is 0 Å². The molecule has 1 atom stereocenters. The Kier molecular flexibility index (Phi) is 4.97. The fraction of sp³-hybridized carbons (Fsp3) is 0.278. The van der Waals surface area contributed by atoms with Crippen LogP contribution in [0.25, 0.3) is 0 Å². The van der Waals surface area contributed by atoms with Crippen molar-refractivity contribution in [3.05, 3.63) is 66.2 Å². The normalized spacial score (nSPS) is 19.5. The number of hydrogen-bond donors (Lipinski definition) is 1. The largest absolute Gasteiger partial charge is 0.355 e. The first-order valence-corrected chi connectivity index (χ1v) is 9.41. The van der Waals surface area contributed by atoms with Gasteiger partial charge in [0.2, 0.25) is 15.9 Å². The lowest BCUT2D eigenvalue weighted by atomic mass is 10.1. The third-order valence-electron chi connectivity index (χ3n) is 4.13. The van der Waals surface area contributed by atoms with Crippen LogP contribution in [0.1, 0.15) is 12.0 Å². The SMILES string of the molecule is O=C1NCCCN(S(=O)(=O)c2ccccc2)C1Cc1ccccc1. The standard InChI is InChI=1S/C18H20N2O3S/c21-18-17(14-15-8-3-1-4-9-15)20(13-7-12-19-18)24(22,23)16-10-5-2-6-11-16/h1-6,8-11,17H,7,12-14H2,(H,19,21). The Hall–Kier alpha value is -2.18. The van der Waals surface area contributed by atoms with Gasteiger partial charge in [0.05, 0.1) is 4.90 Å². The number of carbonyl (C=O) groups is 1. The molecular weight excluding hydrogens is 324 g/mol. The average Bonchev–Trinajstić information content (AvgIpc) is 2.79. The summed E-state index contributed by atoms with van der Waals surface area (Å²) in [6, 6.07) is 17.0. The van der Waals surface area contributed by atoms with E-state index in [9.17, 15) is 13.2 Å². The predicted molar refractivity (Wildman–Crippen MR) is 91.9 cm³/mol. The fourth-order valence-corrected chi connectivity index (χ4v) is 4.54. The summed E-state index contributed by atoms with van der Waals surface area (Å²) < 4.78 is 27.4. The summed E-state index contributed by atoms with van der Waals surface area (Å²) in [4.78, 5) is 12.7. The maximum Gasteiger partial charge on any atom is 0.243 e. The molecule has 1 aliphatic rings. The topological polar surface area (TPSA) is 66.5 Å². The lowest BCUT2D eigenvalue weighted by Gasteiger charge is -2.27. The molecule has 0 aliphatic carbocycles. The highest BCUT2D eigenvalue weighted by Crippen LogP contribution is 2.22. The highest BCUT2D eigenvalue weighted by atomic mass is 32.2. The maximum absolute atomic E-state index is 13.0. The molecule has 1 saturated heterocycles. The second-order valence-corrected chi connectivity index (χ2v) is 7.67. The van der Waals surface area contributed by atoms with Crippen LogP contribution in [0, 0.1) is 0 Å². The molecule has 1 N–H and O–H groups in total. The lowest BCUT2D eigenvalue weighted by Crippen LogP contribution is -2.48. The number of sulfonamides is 1. The van der Waals surface area contributed by atoms with Gasteiger partial charge in [-0.3, -0.25) is 4.79 Å². The molecule has 1 heterocycles. The Labute approximate surface area is 142 Å². The quantitative estimate of drug-likeness (QED) is 0.920. The minimum atomic E-state index is -3.72. The molecule has 5 nitrogen and oxygen atoms in total. The third kappa shape index (κ3) is 3.49. The van der Waals surface area contributed by atoms with Crippen LogP contribution in [0.3, 0.4) is 0 Å². The van der Waals surface area contributed by atoms with E-state index in [2.05, 4.69) is 5.32 Å². The Balaban J connectivity index is 1.97. The van der Waals surface area contributed by atoms with Crippen molar-refractivity contribution in [2.24, 2.45) is 0 Å². The van der Waals surface area contributed by atoms with E-state index in [4.69, 9.17) is 0 Å². The van der Waals surface area contributed by atoms with Crippen molar-refractivity contribution in [1.29, 1.82) is 0 Å². The van der Waals surface area contributed by atoms with Crippen LogP contribution in [0.4, 0.5) is 0 Å². The molecule has 0 saturated carbocycles. The van der Waals surface area contributed by atoms with Gasteiger partial charge in [-0.05, 0) is 30.5 Å². The molecule has 24 heavy (non-hydrogen) atoms. The van der Waals surface area contributed by atoms with Gasteiger partial charge in [0.15, 0.2) is 0 Å². The fourth-order valence-electron chi connectivity index (χ4n) is 2.90. The van der Waals surface area contributed by atoms with Gasteiger partial charge in [-0.25, -0.2) is 8.42 Å². The highest BCUT2D eigenvalue weighted by molar-refractivity contribution is 7.89. The molecule has 1 unspecified atom stereocenters. The first-order valence-electron chi connectivity index (χ1n) is 7.97. The second kappa shape index (κ2) is 7.15. The first kappa shape index (κ1) is 16.7. The Morgan fingerprint density at radius 2 is 1.62 bits per heavy atom. The van der Waals surface area contributed by atoms with Crippen LogP contribution in [-0.4, -0.2) is 37.8 Å². The number of amides is 1. The molecule has 126 valence electrons. The van der Waals surface area contributed by atoms with Crippen LogP contribution in [0.15, 0.2) is 65.6 Å². The molecule has 0 radical (unpaired) electrons. The summed E-state index contributed by atoms with van der Waals surface area (Å²) in [5.74, 6) is -0.240. The molecule has 0 spiro atoms. The molecule has 1 amide bonds. The summed E-state index contributed by atoms with van der Waals surface area (Å²) in [5.41, 5.74) is 0.938. The van der Waals surface area contributed by atoms with Gasteiger partial charge < -0.3 is 5.32 Å². The van der Waals surface area contributed by atoms with Gasteiger partial charge in [-0.2, -0.15) is 4.31 Å². The van der Waals surface area contributed by atoms with Crippen molar-refractivity contribution >= 4 is 15.9 Å². The van der Waals surface area contributed by atoms with Crippen LogP contribution in [0.2, 0.25) is 0 Å². The zero-order chi connectivity index (χ0) is 17.0. The van der Waals surface area contributed by atoms with Gasteiger partial charge in [0, 0.05) is 13.1 Å². The van der Waals surface area contributed by atoms with Crippen LogP contribution >= 0.6 is 0 Å². The monoisotopic (exact) mass is 344 g/mol. The Morgan fingerprint density at radius 1 is 1.00 bits per heavy atom. The van der Waals surface area contributed by atoms with E-state index >= 15 is 0 Å².